The van der Waals surface area contributed by atoms with Crippen LogP contribution in [0.1, 0.15) is 36.8 Å². The third kappa shape index (κ3) is 7.81. The number of hydrogen-bond acceptors (Lipinski definition) is 6. The summed E-state index contributed by atoms with van der Waals surface area (Å²) in [7, 11) is 0. The first-order chi connectivity index (χ1) is 17.2. The number of nitrogens with one attached hydrogen (secondary N) is 4. The van der Waals surface area contributed by atoms with E-state index in [1.807, 2.05) is 12.1 Å². The number of anilines is 2. The smallest absolute Gasteiger partial charge is 0.329 e. The monoisotopic (exact) mass is 509 g/mol. The Morgan fingerprint density at radius 1 is 0.889 bits per heavy atom. The van der Waals surface area contributed by atoms with Crippen molar-refractivity contribution in [3.8, 4) is 0 Å². The van der Waals surface area contributed by atoms with Crippen LogP contribution in [0.15, 0.2) is 70.2 Å². The zero-order chi connectivity index (χ0) is 26.1. The number of benzene rings is 2. The molecule has 0 aliphatic rings. The SMILES string of the molecule is CC(C)c1ccc(NC(=O)C(=O)N/N=C/c2ccc(CNC(=O)C(=O)Nc3cccc(Cl)c3)o2)cc1. The first kappa shape index (κ1) is 26.2. The maximum absolute atomic E-state index is 12.0. The van der Waals surface area contributed by atoms with Gasteiger partial charge in [0.2, 0.25) is 0 Å². The number of nitrogens with zero attached hydrogens (tertiary/aromatic N) is 1. The van der Waals surface area contributed by atoms with Crippen LogP contribution in [-0.2, 0) is 25.7 Å². The predicted octanol–water partition coefficient (Wildman–Crippen LogP) is 3.40. The van der Waals surface area contributed by atoms with Crippen molar-refractivity contribution in [1.29, 1.82) is 0 Å². The van der Waals surface area contributed by atoms with Gasteiger partial charge in [0, 0.05) is 16.4 Å². The first-order valence-corrected chi connectivity index (χ1v) is 11.3. The highest BCUT2D eigenvalue weighted by atomic mass is 35.5. The molecule has 0 fully saturated rings. The molecule has 2 aromatic carbocycles. The molecule has 0 saturated carbocycles. The summed E-state index contributed by atoms with van der Waals surface area (Å²) in [5.41, 5.74) is 4.10. The summed E-state index contributed by atoms with van der Waals surface area (Å²) < 4.78 is 5.45. The minimum absolute atomic E-state index is 0.0556. The van der Waals surface area contributed by atoms with Crippen LogP contribution in [0.4, 0.5) is 11.4 Å². The van der Waals surface area contributed by atoms with Crippen LogP contribution in [0.3, 0.4) is 0 Å². The average Bonchev–Trinajstić information content (AvgIpc) is 3.30. The van der Waals surface area contributed by atoms with Crippen molar-refractivity contribution in [3.63, 3.8) is 0 Å². The number of carbonyl (C=O) groups excluding carboxylic acids is 4. The number of hydrazone groups is 1. The molecule has 0 aliphatic carbocycles. The molecule has 4 amide bonds. The van der Waals surface area contributed by atoms with Gasteiger partial charge in [-0.05, 0) is 53.9 Å². The Labute approximate surface area is 212 Å². The summed E-state index contributed by atoms with van der Waals surface area (Å²) in [6.45, 7) is 4.05. The van der Waals surface area contributed by atoms with Gasteiger partial charge < -0.3 is 20.4 Å². The molecular formula is C25H24ClN5O5. The van der Waals surface area contributed by atoms with Crippen molar-refractivity contribution in [3.05, 3.63) is 82.8 Å². The molecule has 0 unspecified atom stereocenters. The fraction of sp³-hybridized carbons (Fsp3) is 0.160. The second kappa shape index (κ2) is 12.3. The predicted molar refractivity (Wildman–Crippen MR) is 136 cm³/mol. The van der Waals surface area contributed by atoms with E-state index in [1.54, 1.807) is 42.5 Å². The fourth-order valence-corrected chi connectivity index (χ4v) is 3.10. The van der Waals surface area contributed by atoms with Crippen LogP contribution in [0.2, 0.25) is 5.02 Å². The molecule has 1 heterocycles. The molecule has 3 aromatic rings. The summed E-state index contributed by atoms with van der Waals surface area (Å²) in [6.07, 6.45) is 1.19. The molecule has 3 rings (SSSR count). The number of rotatable bonds is 7. The molecule has 1 aromatic heterocycles. The average molecular weight is 510 g/mol. The lowest BCUT2D eigenvalue weighted by molar-refractivity contribution is -0.136. The Morgan fingerprint density at radius 2 is 1.58 bits per heavy atom. The van der Waals surface area contributed by atoms with Gasteiger partial charge in [-0.3, -0.25) is 19.2 Å². The zero-order valence-electron chi connectivity index (χ0n) is 19.5. The van der Waals surface area contributed by atoms with E-state index < -0.39 is 23.6 Å². The maximum atomic E-state index is 12.0. The first-order valence-electron chi connectivity index (χ1n) is 10.9. The molecule has 4 N–H and O–H groups in total. The van der Waals surface area contributed by atoms with Gasteiger partial charge in [0.25, 0.3) is 0 Å². The van der Waals surface area contributed by atoms with Crippen LogP contribution in [0.25, 0.3) is 0 Å². The molecule has 11 heteroatoms. The maximum Gasteiger partial charge on any atom is 0.329 e. The normalized spacial score (nSPS) is 10.8. The lowest BCUT2D eigenvalue weighted by Crippen LogP contribution is -2.34. The van der Waals surface area contributed by atoms with Crippen molar-refractivity contribution in [2.75, 3.05) is 10.6 Å². The van der Waals surface area contributed by atoms with Crippen LogP contribution < -0.4 is 21.4 Å². The minimum atomic E-state index is -0.955. The highest BCUT2D eigenvalue weighted by Crippen LogP contribution is 2.17. The summed E-state index contributed by atoms with van der Waals surface area (Å²) in [4.78, 5) is 47.9. The Kier molecular flexibility index (Phi) is 8.95. The summed E-state index contributed by atoms with van der Waals surface area (Å²) in [5.74, 6) is -2.60. The molecule has 0 saturated heterocycles. The van der Waals surface area contributed by atoms with Gasteiger partial charge in [-0.1, -0.05) is 43.6 Å². The standard InChI is InChI=1S/C25H24ClN5O5/c1-15(2)16-6-8-18(9-7-16)29-24(34)25(35)31-28-14-21-11-10-20(36-21)13-27-22(32)23(33)30-19-5-3-4-17(26)12-19/h3-12,14-15H,13H2,1-2H3,(H,27,32)(H,29,34)(H,30,33)(H,31,35)/b28-14+. The van der Waals surface area contributed by atoms with Crippen LogP contribution in [-0.4, -0.2) is 29.8 Å². The number of hydrogen-bond donors (Lipinski definition) is 4. The van der Waals surface area contributed by atoms with Gasteiger partial charge in [0.1, 0.15) is 11.5 Å². The number of furan rings is 1. The molecule has 0 bridgehead atoms. The van der Waals surface area contributed by atoms with E-state index in [0.29, 0.717) is 28.1 Å². The zero-order valence-corrected chi connectivity index (χ0v) is 20.3. The Morgan fingerprint density at radius 3 is 2.28 bits per heavy atom. The molecule has 0 spiro atoms. The van der Waals surface area contributed by atoms with E-state index in [4.69, 9.17) is 16.0 Å². The third-order valence-corrected chi connectivity index (χ3v) is 5.03. The lowest BCUT2D eigenvalue weighted by atomic mass is 10.0. The van der Waals surface area contributed by atoms with E-state index in [2.05, 4.69) is 40.3 Å². The van der Waals surface area contributed by atoms with Crippen molar-refractivity contribution in [2.24, 2.45) is 5.10 Å². The van der Waals surface area contributed by atoms with Crippen molar-refractivity contribution < 1.29 is 23.6 Å². The largest absolute Gasteiger partial charge is 0.458 e. The van der Waals surface area contributed by atoms with Crippen molar-refractivity contribution >= 4 is 52.8 Å². The second-order valence-electron chi connectivity index (χ2n) is 7.88. The summed E-state index contributed by atoms with van der Waals surface area (Å²) in [5, 5.41) is 11.5. The van der Waals surface area contributed by atoms with E-state index in [0.717, 1.165) is 5.56 Å². The molecule has 0 aliphatic heterocycles. The Hall–Kier alpha value is -4.44. The van der Waals surface area contributed by atoms with Gasteiger partial charge >= 0.3 is 23.6 Å². The third-order valence-electron chi connectivity index (χ3n) is 4.79. The molecule has 0 radical (unpaired) electrons. The highest BCUT2D eigenvalue weighted by molar-refractivity contribution is 6.40. The topological polar surface area (TPSA) is 142 Å². The van der Waals surface area contributed by atoms with Gasteiger partial charge in [-0.2, -0.15) is 5.10 Å². The van der Waals surface area contributed by atoms with Gasteiger partial charge in [-0.25, -0.2) is 5.43 Å². The summed E-state index contributed by atoms with van der Waals surface area (Å²) in [6, 6.07) is 16.7. The number of amides is 4. The van der Waals surface area contributed by atoms with E-state index in [-0.39, 0.29) is 12.3 Å². The van der Waals surface area contributed by atoms with Gasteiger partial charge in [-0.15, -0.1) is 0 Å². The van der Waals surface area contributed by atoms with Crippen LogP contribution in [0, 0.1) is 0 Å². The molecule has 10 nitrogen and oxygen atoms in total. The van der Waals surface area contributed by atoms with Gasteiger partial charge in [0.15, 0.2) is 0 Å². The van der Waals surface area contributed by atoms with Crippen LogP contribution >= 0.6 is 11.6 Å². The quantitative estimate of drug-likeness (QED) is 0.219. The highest BCUT2D eigenvalue weighted by Gasteiger charge is 2.15. The van der Waals surface area contributed by atoms with Crippen molar-refractivity contribution in [1.82, 2.24) is 10.7 Å². The second-order valence-corrected chi connectivity index (χ2v) is 8.32. The summed E-state index contributed by atoms with van der Waals surface area (Å²) >= 11 is 5.85. The minimum Gasteiger partial charge on any atom is -0.458 e. The van der Waals surface area contributed by atoms with E-state index in [9.17, 15) is 19.2 Å². The van der Waals surface area contributed by atoms with E-state index >= 15 is 0 Å². The van der Waals surface area contributed by atoms with E-state index in [1.165, 1.54) is 12.3 Å². The molecule has 36 heavy (non-hydrogen) atoms. The molecular weight excluding hydrogens is 486 g/mol. The Balaban J connectivity index is 1.43. The van der Waals surface area contributed by atoms with Crippen molar-refractivity contribution in [2.45, 2.75) is 26.3 Å². The lowest BCUT2D eigenvalue weighted by Gasteiger charge is -2.07. The fourth-order valence-electron chi connectivity index (χ4n) is 2.91. The number of halogens is 1. The van der Waals surface area contributed by atoms with Gasteiger partial charge in [0.05, 0.1) is 12.8 Å². The molecule has 186 valence electrons. The Bertz CT molecular complexity index is 1280. The number of carbonyl (C=O) groups is 4. The molecule has 0 atom stereocenters. The van der Waals surface area contributed by atoms with Crippen LogP contribution in [0.5, 0.6) is 0 Å².